The van der Waals surface area contributed by atoms with Crippen molar-refractivity contribution >= 4 is 17.3 Å². The van der Waals surface area contributed by atoms with Crippen LogP contribution in [0.5, 0.6) is 0 Å². The molecule has 0 heterocycles. The van der Waals surface area contributed by atoms with Crippen molar-refractivity contribution in [1.29, 1.82) is 0 Å². The molecule has 4 nitrogen and oxygen atoms in total. The van der Waals surface area contributed by atoms with Crippen LogP contribution >= 0.6 is 0 Å². The molecule has 0 radical (unpaired) electrons. The molecule has 18 heavy (non-hydrogen) atoms. The molecule has 0 aliphatic rings. The van der Waals surface area contributed by atoms with Gasteiger partial charge >= 0.3 is 0 Å². The molecule has 1 unspecified atom stereocenters. The number of benzene rings is 1. The predicted octanol–water partition coefficient (Wildman–Crippen LogP) is 2.08. The number of hydrogen-bond donors (Lipinski definition) is 2. The van der Waals surface area contributed by atoms with Crippen LogP contribution in [0.2, 0.25) is 0 Å². The normalized spacial score (nSPS) is 12.5. The Kier molecular flexibility index (Phi) is 5.09. The van der Waals surface area contributed by atoms with Gasteiger partial charge in [0.15, 0.2) is 0 Å². The van der Waals surface area contributed by atoms with E-state index in [-0.39, 0.29) is 17.6 Å². The van der Waals surface area contributed by atoms with Crippen molar-refractivity contribution in [1.82, 2.24) is 4.90 Å². The van der Waals surface area contributed by atoms with Crippen LogP contribution in [-0.4, -0.2) is 29.9 Å². The number of anilines is 2. The largest absolute Gasteiger partial charge is 0.397 e. The number of likely N-dealkylation sites (N-methyl/N-ethyl adjacent to an activating group) is 1. The molecule has 0 aliphatic heterocycles. The lowest BCUT2D eigenvalue weighted by molar-refractivity contribution is -0.120. The monoisotopic (exact) mass is 253 g/mol. The third-order valence-corrected chi connectivity index (χ3v) is 3.01. The molecule has 1 aromatic carbocycles. The highest BCUT2D eigenvalue weighted by Gasteiger charge is 2.19. The molecular formula is C13H20FN3O. The van der Waals surface area contributed by atoms with Gasteiger partial charge in [-0.25, -0.2) is 4.39 Å². The van der Waals surface area contributed by atoms with Gasteiger partial charge in [0.1, 0.15) is 5.82 Å². The van der Waals surface area contributed by atoms with E-state index in [9.17, 15) is 9.18 Å². The van der Waals surface area contributed by atoms with Crippen LogP contribution in [0.4, 0.5) is 15.8 Å². The highest BCUT2D eigenvalue weighted by atomic mass is 19.1. The maximum Gasteiger partial charge on any atom is 0.241 e. The number of halogens is 1. The second kappa shape index (κ2) is 6.35. The van der Waals surface area contributed by atoms with E-state index in [0.717, 1.165) is 13.1 Å². The Morgan fingerprint density at radius 1 is 1.44 bits per heavy atom. The van der Waals surface area contributed by atoms with Crippen LogP contribution in [-0.2, 0) is 4.79 Å². The molecular weight excluding hydrogens is 233 g/mol. The second-order valence-corrected chi connectivity index (χ2v) is 4.12. The number of amides is 1. The summed E-state index contributed by atoms with van der Waals surface area (Å²) >= 11 is 0. The first-order valence-corrected chi connectivity index (χ1v) is 6.09. The maximum absolute atomic E-state index is 12.9. The fourth-order valence-corrected chi connectivity index (χ4v) is 1.82. The first-order chi connectivity index (χ1) is 8.49. The fraction of sp³-hybridized carbons (Fsp3) is 0.462. The summed E-state index contributed by atoms with van der Waals surface area (Å²) in [4.78, 5) is 14.0. The summed E-state index contributed by atoms with van der Waals surface area (Å²) < 4.78 is 12.9. The van der Waals surface area contributed by atoms with Gasteiger partial charge in [0, 0.05) is 0 Å². The summed E-state index contributed by atoms with van der Waals surface area (Å²) in [5.74, 6) is -0.556. The van der Waals surface area contributed by atoms with Crippen LogP contribution in [0, 0.1) is 5.82 Å². The van der Waals surface area contributed by atoms with Crippen LogP contribution in [0.25, 0.3) is 0 Å². The summed E-state index contributed by atoms with van der Waals surface area (Å²) in [7, 11) is 0. The summed E-state index contributed by atoms with van der Waals surface area (Å²) in [5, 5.41) is 2.71. The van der Waals surface area contributed by atoms with Gasteiger partial charge in [-0.15, -0.1) is 0 Å². The van der Waals surface area contributed by atoms with Crippen LogP contribution in [0.3, 0.4) is 0 Å². The average Bonchev–Trinajstić information content (AvgIpc) is 2.34. The zero-order valence-corrected chi connectivity index (χ0v) is 11.0. The molecule has 3 N–H and O–H groups in total. The van der Waals surface area contributed by atoms with Crippen molar-refractivity contribution in [3.8, 4) is 0 Å². The Balaban J connectivity index is 2.75. The standard InChI is InChI=1S/C13H20FN3O/c1-4-17(5-2)9(3)13(18)16-12-7-6-10(14)8-11(12)15/h6-9H,4-5,15H2,1-3H3,(H,16,18). The van der Waals surface area contributed by atoms with Gasteiger partial charge in [-0.2, -0.15) is 0 Å². The second-order valence-electron chi connectivity index (χ2n) is 4.12. The lowest BCUT2D eigenvalue weighted by Crippen LogP contribution is -2.41. The molecule has 1 aromatic rings. The summed E-state index contributed by atoms with van der Waals surface area (Å²) in [5.41, 5.74) is 6.32. The van der Waals surface area contributed by atoms with E-state index >= 15 is 0 Å². The fourth-order valence-electron chi connectivity index (χ4n) is 1.82. The Morgan fingerprint density at radius 2 is 2.06 bits per heavy atom. The lowest BCUT2D eigenvalue weighted by atomic mass is 10.2. The van der Waals surface area contributed by atoms with Crippen LogP contribution < -0.4 is 11.1 Å². The van der Waals surface area contributed by atoms with Gasteiger partial charge in [-0.1, -0.05) is 13.8 Å². The first-order valence-electron chi connectivity index (χ1n) is 6.09. The van der Waals surface area contributed by atoms with Gasteiger partial charge in [-0.05, 0) is 38.2 Å². The highest BCUT2D eigenvalue weighted by Crippen LogP contribution is 2.19. The Hall–Kier alpha value is -1.62. The van der Waals surface area contributed by atoms with Crippen molar-refractivity contribution in [2.45, 2.75) is 26.8 Å². The molecule has 0 saturated carbocycles. The van der Waals surface area contributed by atoms with Crippen molar-refractivity contribution in [2.75, 3.05) is 24.1 Å². The number of nitrogens with two attached hydrogens (primary N) is 1. The number of nitrogens with one attached hydrogen (secondary N) is 1. The zero-order chi connectivity index (χ0) is 13.7. The van der Waals surface area contributed by atoms with Gasteiger partial charge in [0.05, 0.1) is 17.4 Å². The molecule has 0 saturated heterocycles. The predicted molar refractivity (Wildman–Crippen MR) is 71.8 cm³/mol. The SMILES string of the molecule is CCN(CC)C(C)C(=O)Nc1ccc(F)cc1N. The highest BCUT2D eigenvalue weighted by molar-refractivity contribution is 5.97. The molecule has 0 spiro atoms. The first kappa shape index (κ1) is 14.4. The minimum Gasteiger partial charge on any atom is -0.397 e. The van der Waals surface area contributed by atoms with Gasteiger partial charge < -0.3 is 11.1 Å². The van der Waals surface area contributed by atoms with E-state index in [4.69, 9.17) is 5.73 Å². The number of nitrogens with zero attached hydrogens (tertiary/aromatic N) is 1. The Labute approximate surface area is 107 Å². The van der Waals surface area contributed by atoms with E-state index < -0.39 is 5.82 Å². The van der Waals surface area contributed by atoms with E-state index in [1.165, 1.54) is 18.2 Å². The summed E-state index contributed by atoms with van der Waals surface area (Å²) in [6, 6.07) is 3.69. The Bertz CT molecular complexity index is 419. The van der Waals surface area contributed by atoms with E-state index in [0.29, 0.717) is 5.69 Å². The van der Waals surface area contributed by atoms with Crippen molar-refractivity contribution < 1.29 is 9.18 Å². The van der Waals surface area contributed by atoms with Gasteiger partial charge in [0.2, 0.25) is 5.91 Å². The molecule has 5 heteroatoms. The number of carbonyl (C=O) groups excluding carboxylic acids is 1. The van der Waals surface area contributed by atoms with Crippen molar-refractivity contribution in [2.24, 2.45) is 0 Å². The zero-order valence-electron chi connectivity index (χ0n) is 11.0. The van der Waals surface area contributed by atoms with E-state index in [1.807, 2.05) is 25.7 Å². The summed E-state index contributed by atoms with van der Waals surface area (Å²) in [6.45, 7) is 7.43. The molecule has 1 rings (SSSR count). The minimum atomic E-state index is -0.415. The lowest BCUT2D eigenvalue weighted by Gasteiger charge is -2.25. The molecule has 0 fully saturated rings. The van der Waals surface area contributed by atoms with E-state index in [1.54, 1.807) is 0 Å². The molecule has 1 atom stereocenters. The Morgan fingerprint density at radius 3 is 2.56 bits per heavy atom. The summed E-state index contributed by atoms with van der Waals surface area (Å²) in [6.07, 6.45) is 0. The third kappa shape index (κ3) is 3.43. The third-order valence-electron chi connectivity index (χ3n) is 3.01. The minimum absolute atomic E-state index is 0.142. The van der Waals surface area contributed by atoms with Crippen molar-refractivity contribution in [3.05, 3.63) is 24.0 Å². The van der Waals surface area contributed by atoms with Gasteiger partial charge in [-0.3, -0.25) is 9.69 Å². The molecule has 0 aliphatic carbocycles. The topological polar surface area (TPSA) is 58.4 Å². The molecule has 0 bridgehead atoms. The van der Waals surface area contributed by atoms with Crippen LogP contribution in [0.1, 0.15) is 20.8 Å². The molecule has 100 valence electrons. The number of hydrogen-bond acceptors (Lipinski definition) is 3. The smallest absolute Gasteiger partial charge is 0.241 e. The van der Waals surface area contributed by atoms with Gasteiger partial charge in [0.25, 0.3) is 0 Å². The number of rotatable bonds is 5. The molecule has 0 aromatic heterocycles. The van der Waals surface area contributed by atoms with Crippen LogP contribution in [0.15, 0.2) is 18.2 Å². The average molecular weight is 253 g/mol. The maximum atomic E-state index is 12.9. The molecule has 1 amide bonds. The van der Waals surface area contributed by atoms with Crippen molar-refractivity contribution in [3.63, 3.8) is 0 Å². The van der Waals surface area contributed by atoms with E-state index in [2.05, 4.69) is 5.32 Å². The number of nitrogen functional groups attached to an aromatic ring is 1. The quantitative estimate of drug-likeness (QED) is 0.790. The number of carbonyl (C=O) groups is 1.